The quantitative estimate of drug-likeness (QED) is 0.430. The molecule has 0 unspecified atom stereocenters. The number of carbonyl (C=O) groups excluding carboxylic acids is 2. The van der Waals surface area contributed by atoms with E-state index in [0.717, 1.165) is 11.3 Å². The lowest BCUT2D eigenvalue weighted by molar-refractivity contribution is 0.0601. The third kappa shape index (κ3) is 4.89. The van der Waals surface area contributed by atoms with Crippen molar-refractivity contribution in [2.75, 3.05) is 31.4 Å². The van der Waals surface area contributed by atoms with Crippen LogP contribution in [0, 0.1) is 6.92 Å². The highest BCUT2D eigenvalue weighted by Crippen LogP contribution is 2.35. The Labute approximate surface area is 197 Å². The van der Waals surface area contributed by atoms with Gasteiger partial charge in [0, 0.05) is 12.1 Å². The van der Waals surface area contributed by atoms with E-state index in [4.69, 9.17) is 30.3 Å². The minimum absolute atomic E-state index is 0.00662. The van der Waals surface area contributed by atoms with Crippen LogP contribution in [-0.4, -0.2) is 46.8 Å². The van der Waals surface area contributed by atoms with Crippen LogP contribution >= 0.6 is 22.9 Å². The second kappa shape index (κ2) is 9.68. The van der Waals surface area contributed by atoms with Crippen LogP contribution in [0.3, 0.4) is 0 Å². The Bertz CT molecular complexity index is 1320. The number of ether oxygens (including phenoxy) is 3. The Kier molecular flexibility index (Phi) is 7.15. The number of anilines is 2. The fraction of sp³-hybridized carbons (Fsp3) is 0.211. The Hall–Kier alpha value is -3.29. The van der Waals surface area contributed by atoms with Gasteiger partial charge in [0.15, 0.2) is 11.5 Å². The number of aromatic nitrogens is 1. The molecule has 2 aromatic heterocycles. The maximum atomic E-state index is 13.0. The molecule has 14 heteroatoms. The number of hydrogen-bond donors (Lipinski definition) is 2. The molecule has 0 radical (unpaired) electrons. The molecule has 3 rings (SSSR count). The van der Waals surface area contributed by atoms with Crippen molar-refractivity contribution in [3.05, 3.63) is 44.7 Å². The predicted octanol–water partition coefficient (Wildman–Crippen LogP) is 3.55. The van der Waals surface area contributed by atoms with Crippen molar-refractivity contribution in [2.24, 2.45) is 0 Å². The number of halogens is 1. The average Bonchev–Trinajstić information content (AvgIpc) is 3.41. The van der Waals surface area contributed by atoms with Crippen LogP contribution in [-0.2, 0) is 14.8 Å². The first kappa shape index (κ1) is 24.4. The molecule has 0 spiro atoms. The molecule has 0 bridgehead atoms. The van der Waals surface area contributed by atoms with Gasteiger partial charge in [-0.1, -0.05) is 16.8 Å². The molecule has 0 aliphatic carbocycles. The summed E-state index contributed by atoms with van der Waals surface area (Å²) in [5.74, 6) is -1.35. The summed E-state index contributed by atoms with van der Waals surface area (Å²) in [4.78, 5) is 24.8. The zero-order valence-corrected chi connectivity index (χ0v) is 20.1. The zero-order chi connectivity index (χ0) is 24.3. The van der Waals surface area contributed by atoms with Crippen molar-refractivity contribution < 1.29 is 36.7 Å². The maximum Gasteiger partial charge on any atom is 0.340 e. The number of thiophene rings is 1. The predicted molar refractivity (Wildman–Crippen MR) is 120 cm³/mol. The number of carbonyl (C=O) groups is 2. The summed E-state index contributed by atoms with van der Waals surface area (Å²) in [6.45, 7) is 1.54. The number of nitrogens with one attached hydrogen (secondary N) is 2. The van der Waals surface area contributed by atoms with Crippen LogP contribution in [0.4, 0.5) is 11.6 Å². The summed E-state index contributed by atoms with van der Waals surface area (Å²) in [7, 11) is -0.313. The highest BCUT2D eigenvalue weighted by Gasteiger charge is 2.28. The van der Waals surface area contributed by atoms with Crippen molar-refractivity contribution in [3.63, 3.8) is 0 Å². The second-order valence-corrected chi connectivity index (χ2v) is 9.27. The molecule has 3 aromatic rings. The molecule has 176 valence electrons. The van der Waals surface area contributed by atoms with Gasteiger partial charge in [0.2, 0.25) is 0 Å². The molecule has 33 heavy (non-hydrogen) atoms. The highest BCUT2D eigenvalue weighted by atomic mass is 35.5. The van der Waals surface area contributed by atoms with E-state index < -0.39 is 21.9 Å². The lowest BCUT2D eigenvalue weighted by Crippen LogP contribution is -2.19. The topological polar surface area (TPSA) is 146 Å². The molecular weight excluding hydrogens is 498 g/mol. The lowest BCUT2D eigenvalue weighted by atomic mass is 10.1. The van der Waals surface area contributed by atoms with E-state index >= 15 is 0 Å². The molecule has 1 aromatic carbocycles. The van der Waals surface area contributed by atoms with Crippen LogP contribution in [0.2, 0.25) is 5.02 Å². The third-order valence-corrected chi connectivity index (χ3v) is 7.18. The summed E-state index contributed by atoms with van der Waals surface area (Å²) < 4.78 is 47.9. The summed E-state index contributed by atoms with van der Waals surface area (Å²) >= 11 is 6.85. The van der Waals surface area contributed by atoms with Crippen molar-refractivity contribution >= 4 is 56.4 Å². The fourth-order valence-electron chi connectivity index (χ4n) is 2.71. The standard InChI is InChI=1S/C19H18ClN3O8S2/c1-9-15(20)18(31-22-9)23-33(26,27)14-5-6-32-16(14)17(24)21-11-8-13(29-3)12(28-2)7-10(11)19(25)30-4/h5-8,23H,1-4H3,(H,21,24). The molecule has 0 saturated heterocycles. The Morgan fingerprint density at radius 3 is 2.39 bits per heavy atom. The normalized spacial score (nSPS) is 11.1. The van der Waals surface area contributed by atoms with Gasteiger partial charge < -0.3 is 24.1 Å². The van der Waals surface area contributed by atoms with Crippen LogP contribution in [0.1, 0.15) is 25.7 Å². The first-order chi connectivity index (χ1) is 15.6. The fourth-order valence-corrected chi connectivity index (χ4v) is 5.21. The number of nitrogens with zero attached hydrogens (tertiary/aromatic N) is 1. The van der Waals surface area contributed by atoms with Gasteiger partial charge in [-0.2, -0.15) is 0 Å². The largest absolute Gasteiger partial charge is 0.493 e. The van der Waals surface area contributed by atoms with E-state index in [2.05, 4.69) is 15.2 Å². The summed E-state index contributed by atoms with van der Waals surface area (Å²) in [5.41, 5.74) is 0.302. The van der Waals surface area contributed by atoms with Crippen LogP contribution in [0.15, 0.2) is 33.0 Å². The van der Waals surface area contributed by atoms with Gasteiger partial charge in [-0.05, 0) is 18.4 Å². The van der Waals surface area contributed by atoms with Gasteiger partial charge in [-0.25, -0.2) is 17.9 Å². The number of hydrogen-bond acceptors (Lipinski definition) is 10. The third-order valence-electron chi connectivity index (χ3n) is 4.32. The van der Waals surface area contributed by atoms with E-state index in [1.54, 1.807) is 0 Å². The van der Waals surface area contributed by atoms with Crippen LogP contribution < -0.4 is 19.5 Å². The average molecular weight is 516 g/mol. The van der Waals surface area contributed by atoms with Crippen molar-refractivity contribution in [1.82, 2.24) is 5.16 Å². The molecule has 0 aliphatic rings. The van der Waals surface area contributed by atoms with E-state index in [9.17, 15) is 18.0 Å². The van der Waals surface area contributed by atoms with E-state index in [1.807, 2.05) is 0 Å². The number of sulfonamides is 1. The lowest BCUT2D eigenvalue weighted by Gasteiger charge is -2.14. The first-order valence-corrected chi connectivity index (χ1v) is 11.7. The SMILES string of the molecule is COC(=O)c1cc(OC)c(OC)cc1NC(=O)c1sccc1S(=O)(=O)Nc1onc(C)c1Cl. The molecule has 0 aliphatic heterocycles. The maximum absolute atomic E-state index is 13.0. The van der Waals surface area contributed by atoms with E-state index in [-0.39, 0.29) is 43.4 Å². The second-order valence-electron chi connectivity index (χ2n) is 6.33. The van der Waals surface area contributed by atoms with E-state index in [0.29, 0.717) is 5.69 Å². The van der Waals surface area contributed by atoms with Crippen LogP contribution in [0.25, 0.3) is 0 Å². The Morgan fingerprint density at radius 2 is 1.82 bits per heavy atom. The number of benzene rings is 1. The summed E-state index contributed by atoms with van der Waals surface area (Å²) in [6.07, 6.45) is 0. The summed E-state index contributed by atoms with van der Waals surface area (Å²) in [6, 6.07) is 3.94. The minimum atomic E-state index is -4.26. The van der Waals surface area contributed by atoms with Gasteiger partial charge in [0.05, 0.1) is 32.6 Å². The van der Waals surface area contributed by atoms with Gasteiger partial charge in [0.25, 0.3) is 21.8 Å². The smallest absolute Gasteiger partial charge is 0.340 e. The molecule has 2 N–H and O–H groups in total. The zero-order valence-electron chi connectivity index (χ0n) is 17.7. The van der Waals surface area contributed by atoms with Gasteiger partial charge in [0.1, 0.15) is 20.5 Å². The minimum Gasteiger partial charge on any atom is -0.493 e. The van der Waals surface area contributed by atoms with Gasteiger partial charge in [-0.15, -0.1) is 11.3 Å². The number of methoxy groups -OCH3 is 3. The molecular formula is C19H18ClN3O8S2. The van der Waals surface area contributed by atoms with E-state index in [1.165, 1.54) is 51.8 Å². The molecule has 1 amide bonds. The molecule has 11 nitrogen and oxygen atoms in total. The first-order valence-electron chi connectivity index (χ1n) is 9.00. The van der Waals surface area contributed by atoms with Crippen LogP contribution in [0.5, 0.6) is 11.5 Å². The highest BCUT2D eigenvalue weighted by molar-refractivity contribution is 7.93. The Balaban J connectivity index is 1.96. The van der Waals surface area contributed by atoms with Gasteiger partial charge >= 0.3 is 5.97 Å². The molecule has 0 atom stereocenters. The number of amides is 1. The molecule has 2 heterocycles. The number of rotatable bonds is 8. The number of aryl methyl sites for hydroxylation is 1. The number of esters is 1. The monoisotopic (exact) mass is 515 g/mol. The van der Waals surface area contributed by atoms with Crippen molar-refractivity contribution in [3.8, 4) is 11.5 Å². The molecule has 0 saturated carbocycles. The van der Waals surface area contributed by atoms with Gasteiger partial charge in [-0.3, -0.25) is 4.79 Å². The van der Waals surface area contributed by atoms with Crippen molar-refractivity contribution in [1.29, 1.82) is 0 Å². The Morgan fingerprint density at radius 1 is 1.15 bits per heavy atom. The van der Waals surface area contributed by atoms with Crippen molar-refractivity contribution in [2.45, 2.75) is 11.8 Å². The molecule has 0 fully saturated rings. The summed E-state index contributed by atoms with van der Waals surface area (Å²) in [5, 5.41) is 7.53.